The van der Waals surface area contributed by atoms with Gasteiger partial charge in [-0.25, -0.2) is 4.98 Å². The highest BCUT2D eigenvalue weighted by atomic mass is 16.5. The maximum atomic E-state index is 13.3. The van der Waals surface area contributed by atoms with Gasteiger partial charge in [0.2, 0.25) is 5.91 Å². The van der Waals surface area contributed by atoms with E-state index >= 15 is 0 Å². The smallest absolute Gasteiger partial charge is 0.247 e. The number of pyridine rings is 1. The number of benzene rings is 2. The van der Waals surface area contributed by atoms with Gasteiger partial charge >= 0.3 is 0 Å². The minimum absolute atomic E-state index is 0.163. The number of ether oxygens (including phenoxy) is 1. The Balaban J connectivity index is 1.42. The van der Waals surface area contributed by atoms with Crippen LogP contribution in [0.1, 0.15) is 42.0 Å². The number of carbonyl (C=O) groups is 1. The molecule has 0 spiro atoms. The number of aromatic nitrogens is 1. The number of methoxy groups -OCH3 is 1. The lowest BCUT2D eigenvalue weighted by atomic mass is 9.98. The Bertz CT molecular complexity index is 1140. The predicted octanol–water partition coefficient (Wildman–Crippen LogP) is 4.25. The van der Waals surface area contributed by atoms with Crippen molar-refractivity contribution in [3.8, 4) is 6.07 Å². The van der Waals surface area contributed by atoms with Crippen molar-refractivity contribution in [2.75, 3.05) is 37.0 Å². The summed E-state index contributed by atoms with van der Waals surface area (Å²) in [7, 11) is 1.74. The summed E-state index contributed by atoms with van der Waals surface area (Å²) in [4.78, 5) is 20.0. The lowest BCUT2D eigenvalue weighted by molar-refractivity contribution is -0.118. The summed E-state index contributed by atoms with van der Waals surface area (Å²) in [5.74, 6) is 0.517. The molecule has 180 valence electrons. The predicted molar refractivity (Wildman–Crippen MR) is 137 cm³/mol. The van der Waals surface area contributed by atoms with Crippen LogP contribution in [0.25, 0.3) is 0 Å². The van der Waals surface area contributed by atoms with Crippen LogP contribution in [-0.4, -0.2) is 43.7 Å². The first kappa shape index (κ1) is 24.4. The van der Waals surface area contributed by atoms with Gasteiger partial charge in [-0.1, -0.05) is 49.4 Å². The summed E-state index contributed by atoms with van der Waals surface area (Å²) >= 11 is 0. The van der Waals surface area contributed by atoms with Crippen LogP contribution in [0.2, 0.25) is 0 Å². The number of anilines is 2. The quantitative estimate of drug-likeness (QED) is 0.487. The van der Waals surface area contributed by atoms with Gasteiger partial charge in [0, 0.05) is 26.7 Å². The van der Waals surface area contributed by atoms with Gasteiger partial charge in [-0.2, -0.15) is 5.26 Å². The molecule has 2 heterocycles. The molecule has 2 N–H and O–H groups in total. The standard InChI is InChI=1S/C28H31N5O2/c1-20(22-10-8-21(16-29)9-11-22)17-31-27(23-6-4-3-5-7-23)28(34)32-26-13-12-24(18-30-26)33-15-14-25(19-33)35-2/h3-13,18,20,25,27,31H,14-15,17,19H2,1-2H3,(H,30,32,34)/t20-,25+,27+/m1/s1. The molecule has 1 aliphatic rings. The number of amides is 1. The Hall–Kier alpha value is -3.73. The molecule has 1 aromatic heterocycles. The molecule has 4 rings (SSSR count). The number of hydrogen-bond donors (Lipinski definition) is 2. The van der Waals surface area contributed by atoms with Crippen molar-refractivity contribution in [3.05, 3.63) is 89.6 Å². The summed E-state index contributed by atoms with van der Waals surface area (Å²) < 4.78 is 5.45. The summed E-state index contributed by atoms with van der Waals surface area (Å²) in [6, 6.07) is 22.7. The van der Waals surface area contributed by atoms with E-state index in [1.165, 1.54) is 0 Å². The normalized spacial score (nSPS) is 16.9. The topological polar surface area (TPSA) is 90.3 Å². The lowest BCUT2D eigenvalue weighted by Crippen LogP contribution is -2.35. The number of hydrogen-bond acceptors (Lipinski definition) is 6. The van der Waals surface area contributed by atoms with Crippen molar-refractivity contribution >= 4 is 17.4 Å². The third-order valence-electron chi connectivity index (χ3n) is 6.47. The Morgan fingerprint density at radius 1 is 1.14 bits per heavy atom. The molecule has 7 nitrogen and oxygen atoms in total. The average Bonchev–Trinajstić information content (AvgIpc) is 3.39. The van der Waals surface area contributed by atoms with E-state index in [2.05, 4.69) is 33.5 Å². The second-order valence-electron chi connectivity index (χ2n) is 8.87. The van der Waals surface area contributed by atoms with Gasteiger partial charge < -0.3 is 20.3 Å². The number of nitrogens with zero attached hydrogens (tertiary/aromatic N) is 3. The summed E-state index contributed by atoms with van der Waals surface area (Å²) in [6.07, 6.45) is 3.05. The molecule has 0 radical (unpaired) electrons. The average molecular weight is 470 g/mol. The molecule has 1 aliphatic heterocycles. The zero-order chi connectivity index (χ0) is 24.6. The van der Waals surface area contributed by atoms with E-state index in [1.807, 2.05) is 66.7 Å². The third-order valence-corrected chi connectivity index (χ3v) is 6.47. The van der Waals surface area contributed by atoms with E-state index < -0.39 is 6.04 Å². The number of nitrogens with one attached hydrogen (secondary N) is 2. The Morgan fingerprint density at radius 2 is 1.91 bits per heavy atom. The summed E-state index contributed by atoms with van der Waals surface area (Å²) in [6.45, 7) is 4.48. The highest BCUT2D eigenvalue weighted by Gasteiger charge is 2.24. The van der Waals surface area contributed by atoms with Crippen LogP contribution in [-0.2, 0) is 9.53 Å². The molecule has 0 bridgehead atoms. The molecule has 1 saturated heterocycles. The van der Waals surface area contributed by atoms with Crippen molar-refractivity contribution in [1.82, 2.24) is 10.3 Å². The van der Waals surface area contributed by atoms with Crippen LogP contribution in [0.5, 0.6) is 0 Å². The zero-order valence-corrected chi connectivity index (χ0v) is 20.1. The van der Waals surface area contributed by atoms with Gasteiger partial charge in [0.05, 0.1) is 29.6 Å². The third kappa shape index (κ3) is 6.24. The fraction of sp³-hybridized carbons (Fsp3) is 0.321. The first-order chi connectivity index (χ1) is 17.1. The van der Waals surface area contributed by atoms with Crippen molar-refractivity contribution < 1.29 is 9.53 Å². The van der Waals surface area contributed by atoms with Crippen LogP contribution >= 0.6 is 0 Å². The molecule has 3 atom stereocenters. The first-order valence-electron chi connectivity index (χ1n) is 11.9. The molecule has 0 saturated carbocycles. The number of nitriles is 1. The monoisotopic (exact) mass is 469 g/mol. The molecular formula is C28H31N5O2. The van der Waals surface area contributed by atoms with Gasteiger partial charge in [-0.15, -0.1) is 0 Å². The first-order valence-corrected chi connectivity index (χ1v) is 11.9. The van der Waals surface area contributed by atoms with Gasteiger partial charge in [0.15, 0.2) is 0 Å². The molecule has 7 heteroatoms. The van der Waals surface area contributed by atoms with Gasteiger partial charge in [-0.3, -0.25) is 4.79 Å². The second-order valence-corrected chi connectivity index (χ2v) is 8.87. The highest BCUT2D eigenvalue weighted by Crippen LogP contribution is 2.23. The molecule has 35 heavy (non-hydrogen) atoms. The molecular weight excluding hydrogens is 438 g/mol. The largest absolute Gasteiger partial charge is 0.380 e. The summed E-state index contributed by atoms with van der Waals surface area (Å²) in [5, 5.41) is 15.4. The van der Waals surface area contributed by atoms with Crippen LogP contribution in [0, 0.1) is 11.3 Å². The van der Waals surface area contributed by atoms with Crippen molar-refractivity contribution in [2.45, 2.75) is 31.4 Å². The van der Waals surface area contributed by atoms with Crippen molar-refractivity contribution in [3.63, 3.8) is 0 Å². The molecule has 3 aromatic rings. The molecule has 0 unspecified atom stereocenters. The van der Waals surface area contributed by atoms with Gasteiger partial charge in [0.1, 0.15) is 11.9 Å². The molecule has 1 amide bonds. The summed E-state index contributed by atoms with van der Waals surface area (Å²) in [5.41, 5.74) is 3.66. The van der Waals surface area contributed by atoms with E-state index in [0.717, 1.165) is 36.3 Å². The van der Waals surface area contributed by atoms with Crippen molar-refractivity contribution in [2.24, 2.45) is 0 Å². The fourth-order valence-corrected chi connectivity index (χ4v) is 4.31. The van der Waals surface area contributed by atoms with Crippen LogP contribution in [0.4, 0.5) is 11.5 Å². The van der Waals surface area contributed by atoms with Crippen molar-refractivity contribution in [1.29, 1.82) is 5.26 Å². The maximum Gasteiger partial charge on any atom is 0.247 e. The maximum absolute atomic E-state index is 13.3. The number of carbonyl (C=O) groups excluding carboxylic acids is 1. The van der Waals surface area contributed by atoms with Gasteiger partial charge in [0.25, 0.3) is 0 Å². The minimum atomic E-state index is -0.528. The van der Waals surface area contributed by atoms with E-state index in [4.69, 9.17) is 10.00 Å². The van der Waals surface area contributed by atoms with Crippen LogP contribution in [0.15, 0.2) is 72.9 Å². The van der Waals surface area contributed by atoms with Gasteiger partial charge in [-0.05, 0) is 47.7 Å². The van der Waals surface area contributed by atoms with E-state index in [1.54, 1.807) is 13.3 Å². The van der Waals surface area contributed by atoms with Crippen LogP contribution in [0.3, 0.4) is 0 Å². The second kappa shape index (κ2) is 11.6. The van der Waals surface area contributed by atoms with Crippen LogP contribution < -0.4 is 15.5 Å². The fourth-order valence-electron chi connectivity index (χ4n) is 4.31. The lowest BCUT2D eigenvalue weighted by Gasteiger charge is -2.22. The Kier molecular flexibility index (Phi) is 8.09. The SMILES string of the molecule is CO[C@H]1CCN(c2ccc(NC(=O)[C@@H](NC[C@@H](C)c3ccc(C#N)cc3)c3ccccc3)nc2)C1. The molecule has 0 aliphatic carbocycles. The number of rotatable bonds is 9. The molecule has 2 aromatic carbocycles. The Labute approximate surface area is 206 Å². The van der Waals surface area contributed by atoms with E-state index in [0.29, 0.717) is 17.9 Å². The van der Waals surface area contributed by atoms with E-state index in [-0.39, 0.29) is 17.9 Å². The van der Waals surface area contributed by atoms with E-state index in [9.17, 15) is 4.79 Å². The Morgan fingerprint density at radius 3 is 2.54 bits per heavy atom. The highest BCUT2D eigenvalue weighted by molar-refractivity contribution is 5.94. The zero-order valence-electron chi connectivity index (χ0n) is 20.1. The molecule has 1 fully saturated rings. The minimum Gasteiger partial charge on any atom is -0.380 e.